The molecule has 118 valence electrons. The zero-order valence-corrected chi connectivity index (χ0v) is 13.8. The first-order chi connectivity index (χ1) is 10.1. The molecule has 1 aliphatic rings. The Kier molecular flexibility index (Phi) is 5.79. The van der Waals surface area contributed by atoms with E-state index in [2.05, 4.69) is 12.2 Å². The second-order valence-corrected chi connectivity index (χ2v) is 7.48. The Bertz CT molecular complexity index is 534. The maximum atomic E-state index is 12.9. The lowest BCUT2D eigenvalue weighted by atomic mass is 10.1. The van der Waals surface area contributed by atoms with Gasteiger partial charge in [0.05, 0.1) is 4.90 Å². The lowest BCUT2D eigenvalue weighted by Gasteiger charge is -2.33. The molecule has 1 fully saturated rings. The summed E-state index contributed by atoms with van der Waals surface area (Å²) in [5, 5.41) is 3.30. The van der Waals surface area contributed by atoms with Gasteiger partial charge in [-0.3, -0.25) is 0 Å². The minimum absolute atomic E-state index is 0.127. The number of nitrogens with zero attached hydrogens (tertiary/aromatic N) is 1. The number of rotatable bonds is 6. The van der Waals surface area contributed by atoms with Crippen LogP contribution in [0.3, 0.4) is 0 Å². The summed E-state index contributed by atoms with van der Waals surface area (Å²) >= 11 is 0. The lowest BCUT2D eigenvalue weighted by molar-refractivity contribution is 0.262. The molecule has 0 aromatic heterocycles. The largest absolute Gasteiger partial charge is 0.317 e. The first kappa shape index (κ1) is 16.5. The fraction of sp³-hybridized carbons (Fsp3) is 0.625. The van der Waals surface area contributed by atoms with E-state index in [-0.39, 0.29) is 6.04 Å². The van der Waals surface area contributed by atoms with Crippen molar-refractivity contribution >= 4 is 10.0 Å². The van der Waals surface area contributed by atoms with Gasteiger partial charge in [0.2, 0.25) is 10.0 Å². The molecule has 0 spiro atoms. The molecular formula is C16H26N2O2S. The van der Waals surface area contributed by atoms with Gasteiger partial charge in [-0.15, -0.1) is 0 Å². The fourth-order valence-electron chi connectivity index (χ4n) is 2.85. The summed E-state index contributed by atoms with van der Waals surface area (Å²) in [6.07, 6.45) is 3.56. The highest BCUT2D eigenvalue weighted by Gasteiger charge is 2.31. The van der Waals surface area contributed by atoms with Crippen LogP contribution in [0, 0.1) is 0 Å². The highest BCUT2D eigenvalue weighted by molar-refractivity contribution is 7.89. The van der Waals surface area contributed by atoms with Gasteiger partial charge in [-0.05, 0) is 56.5 Å². The first-order valence-corrected chi connectivity index (χ1v) is 9.35. The smallest absolute Gasteiger partial charge is 0.243 e. The van der Waals surface area contributed by atoms with E-state index in [0.717, 1.165) is 44.3 Å². The maximum Gasteiger partial charge on any atom is 0.243 e. The van der Waals surface area contributed by atoms with E-state index in [1.54, 1.807) is 16.4 Å². The van der Waals surface area contributed by atoms with Gasteiger partial charge < -0.3 is 5.32 Å². The third-order valence-corrected chi connectivity index (χ3v) is 6.06. The van der Waals surface area contributed by atoms with Crippen LogP contribution in [-0.2, 0) is 16.4 Å². The van der Waals surface area contributed by atoms with Gasteiger partial charge in [-0.25, -0.2) is 8.42 Å². The molecule has 0 saturated carbocycles. The Morgan fingerprint density at radius 3 is 2.29 bits per heavy atom. The van der Waals surface area contributed by atoms with Crippen molar-refractivity contribution in [2.45, 2.75) is 50.5 Å². The molecule has 0 amide bonds. The quantitative estimate of drug-likeness (QED) is 0.878. The normalized spacial score (nSPS) is 17.3. The van der Waals surface area contributed by atoms with Gasteiger partial charge in [0.25, 0.3) is 0 Å². The maximum absolute atomic E-state index is 12.9. The van der Waals surface area contributed by atoms with Crippen LogP contribution in [0.2, 0.25) is 0 Å². The topological polar surface area (TPSA) is 49.4 Å². The first-order valence-electron chi connectivity index (χ1n) is 7.91. The van der Waals surface area contributed by atoms with Gasteiger partial charge in [0, 0.05) is 12.6 Å². The standard InChI is InChI=1S/C16H26N2O2S/c1-3-13-18(15-9-11-17-12-10-15)21(19,20)16-7-5-14(4-2)6-8-16/h5-8,15,17H,3-4,9-13H2,1-2H3. The Hall–Kier alpha value is -0.910. The van der Waals surface area contributed by atoms with Crippen molar-refractivity contribution in [1.29, 1.82) is 0 Å². The molecule has 5 heteroatoms. The molecule has 1 saturated heterocycles. The third kappa shape index (κ3) is 3.84. The summed E-state index contributed by atoms with van der Waals surface area (Å²) in [6, 6.07) is 7.45. The fourth-order valence-corrected chi connectivity index (χ4v) is 4.62. The molecule has 4 nitrogen and oxygen atoms in total. The Morgan fingerprint density at radius 1 is 1.14 bits per heavy atom. The number of hydrogen-bond donors (Lipinski definition) is 1. The molecule has 0 bridgehead atoms. The van der Waals surface area contributed by atoms with Gasteiger partial charge in [-0.2, -0.15) is 4.31 Å². The molecular weight excluding hydrogens is 284 g/mol. The van der Waals surface area contributed by atoms with Crippen LogP contribution in [0.1, 0.15) is 38.7 Å². The Balaban J connectivity index is 2.27. The van der Waals surface area contributed by atoms with Crippen molar-refractivity contribution in [3.63, 3.8) is 0 Å². The van der Waals surface area contributed by atoms with Gasteiger partial charge >= 0.3 is 0 Å². The molecule has 0 aliphatic carbocycles. The Morgan fingerprint density at radius 2 is 1.76 bits per heavy atom. The van der Waals surface area contributed by atoms with Crippen molar-refractivity contribution in [3.05, 3.63) is 29.8 Å². The molecule has 1 N–H and O–H groups in total. The summed E-state index contributed by atoms with van der Waals surface area (Å²) in [5.41, 5.74) is 1.16. The number of nitrogens with one attached hydrogen (secondary N) is 1. The van der Waals surface area contributed by atoms with Crippen LogP contribution in [0.25, 0.3) is 0 Å². The van der Waals surface area contributed by atoms with Crippen molar-refractivity contribution in [2.24, 2.45) is 0 Å². The summed E-state index contributed by atoms with van der Waals surface area (Å²) in [6.45, 7) is 6.50. The van der Waals surface area contributed by atoms with E-state index in [4.69, 9.17) is 0 Å². The number of sulfonamides is 1. The van der Waals surface area contributed by atoms with E-state index in [1.807, 2.05) is 19.1 Å². The van der Waals surface area contributed by atoms with E-state index in [1.165, 1.54) is 0 Å². The van der Waals surface area contributed by atoms with Crippen LogP contribution < -0.4 is 5.32 Å². The molecule has 21 heavy (non-hydrogen) atoms. The van der Waals surface area contributed by atoms with Crippen molar-refractivity contribution in [2.75, 3.05) is 19.6 Å². The average Bonchev–Trinajstić information content (AvgIpc) is 2.53. The van der Waals surface area contributed by atoms with Crippen molar-refractivity contribution in [1.82, 2.24) is 9.62 Å². The minimum Gasteiger partial charge on any atom is -0.317 e. The van der Waals surface area contributed by atoms with Crippen LogP contribution in [0.5, 0.6) is 0 Å². The van der Waals surface area contributed by atoms with E-state index < -0.39 is 10.0 Å². The predicted octanol–water partition coefficient (Wildman–Crippen LogP) is 2.40. The van der Waals surface area contributed by atoms with Crippen LogP contribution >= 0.6 is 0 Å². The highest BCUT2D eigenvalue weighted by atomic mass is 32.2. The van der Waals surface area contributed by atoms with Gasteiger partial charge in [0.15, 0.2) is 0 Å². The summed E-state index contributed by atoms with van der Waals surface area (Å²) < 4.78 is 27.6. The number of aryl methyl sites for hydroxylation is 1. The number of hydrogen-bond acceptors (Lipinski definition) is 3. The molecule has 1 aromatic carbocycles. The van der Waals surface area contributed by atoms with Gasteiger partial charge in [0.1, 0.15) is 0 Å². The zero-order chi connectivity index (χ0) is 15.3. The van der Waals surface area contributed by atoms with Gasteiger partial charge in [-0.1, -0.05) is 26.0 Å². The molecule has 1 aliphatic heterocycles. The second-order valence-electron chi connectivity index (χ2n) is 5.59. The Labute approximate surface area is 128 Å². The third-order valence-electron chi connectivity index (χ3n) is 4.10. The molecule has 0 radical (unpaired) electrons. The van der Waals surface area contributed by atoms with E-state index in [0.29, 0.717) is 11.4 Å². The number of benzene rings is 1. The molecule has 2 rings (SSSR count). The highest BCUT2D eigenvalue weighted by Crippen LogP contribution is 2.23. The zero-order valence-electron chi connectivity index (χ0n) is 13.0. The summed E-state index contributed by atoms with van der Waals surface area (Å²) in [4.78, 5) is 0.423. The molecule has 1 aromatic rings. The van der Waals surface area contributed by atoms with Crippen LogP contribution in [0.4, 0.5) is 0 Å². The average molecular weight is 310 g/mol. The number of piperidine rings is 1. The summed E-state index contributed by atoms with van der Waals surface area (Å²) in [5.74, 6) is 0. The molecule has 0 atom stereocenters. The van der Waals surface area contributed by atoms with Crippen LogP contribution in [-0.4, -0.2) is 38.4 Å². The van der Waals surface area contributed by atoms with E-state index in [9.17, 15) is 8.42 Å². The summed E-state index contributed by atoms with van der Waals surface area (Å²) in [7, 11) is -3.38. The molecule has 0 unspecified atom stereocenters. The van der Waals surface area contributed by atoms with E-state index >= 15 is 0 Å². The van der Waals surface area contributed by atoms with Crippen LogP contribution in [0.15, 0.2) is 29.2 Å². The SMILES string of the molecule is CCCN(C1CCNCC1)S(=O)(=O)c1ccc(CC)cc1. The van der Waals surface area contributed by atoms with Crippen molar-refractivity contribution < 1.29 is 8.42 Å². The second kappa shape index (κ2) is 7.38. The van der Waals surface area contributed by atoms with Crippen molar-refractivity contribution in [3.8, 4) is 0 Å². The molecule has 1 heterocycles. The monoisotopic (exact) mass is 310 g/mol. The lowest BCUT2D eigenvalue weighted by Crippen LogP contribution is -2.46. The minimum atomic E-state index is -3.38. The predicted molar refractivity (Wildman–Crippen MR) is 85.9 cm³/mol.